The average molecular weight is 368 g/mol. The minimum absolute atomic E-state index is 0.0513. The van der Waals surface area contributed by atoms with Crippen LogP contribution in [0.1, 0.15) is 57.6 Å². The van der Waals surface area contributed by atoms with Crippen molar-refractivity contribution in [2.24, 2.45) is 0 Å². The van der Waals surface area contributed by atoms with Gasteiger partial charge in [0.05, 0.1) is 16.9 Å². The SMILES string of the molecule is CC(C)(C)S(=O)(=O)CCCCCC(=O)Cc1cccc(CC(=O)O)c1. The van der Waals surface area contributed by atoms with Gasteiger partial charge in [0.15, 0.2) is 9.84 Å². The van der Waals surface area contributed by atoms with Crippen LogP contribution in [-0.2, 0) is 32.3 Å². The van der Waals surface area contributed by atoms with Crippen molar-refractivity contribution in [2.45, 2.75) is 64.0 Å². The number of rotatable bonds is 10. The molecule has 5 nitrogen and oxygen atoms in total. The molecule has 0 atom stereocenters. The summed E-state index contributed by atoms with van der Waals surface area (Å²) in [7, 11) is -3.09. The van der Waals surface area contributed by atoms with E-state index in [1.165, 1.54) is 0 Å². The molecule has 25 heavy (non-hydrogen) atoms. The van der Waals surface area contributed by atoms with E-state index in [9.17, 15) is 18.0 Å². The van der Waals surface area contributed by atoms with Gasteiger partial charge >= 0.3 is 5.97 Å². The van der Waals surface area contributed by atoms with Gasteiger partial charge in [-0.1, -0.05) is 30.7 Å². The molecule has 1 rings (SSSR count). The normalized spacial score (nSPS) is 12.1. The fourth-order valence-electron chi connectivity index (χ4n) is 2.44. The molecule has 0 unspecified atom stereocenters. The van der Waals surface area contributed by atoms with E-state index < -0.39 is 20.6 Å². The summed E-state index contributed by atoms with van der Waals surface area (Å²) in [5.74, 6) is -0.651. The Morgan fingerprint density at radius 1 is 1.00 bits per heavy atom. The standard InChI is InChI=1S/C19H28O5S/c1-19(2,3)25(23,24)11-6-4-5-10-17(20)13-15-8-7-9-16(12-15)14-18(21)22/h7-9,12H,4-6,10-11,13-14H2,1-3H3,(H,21,22). The van der Waals surface area contributed by atoms with E-state index in [2.05, 4.69) is 0 Å². The molecular weight excluding hydrogens is 340 g/mol. The van der Waals surface area contributed by atoms with Crippen LogP contribution in [0.5, 0.6) is 0 Å². The molecule has 0 radical (unpaired) electrons. The van der Waals surface area contributed by atoms with Gasteiger partial charge in [-0.2, -0.15) is 0 Å². The van der Waals surface area contributed by atoms with Crippen LogP contribution in [-0.4, -0.2) is 35.8 Å². The summed E-state index contributed by atoms with van der Waals surface area (Å²) in [5.41, 5.74) is 1.50. The number of carboxylic acids is 1. The summed E-state index contributed by atoms with van der Waals surface area (Å²) in [6, 6.07) is 7.07. The molecule has 0 spiro atoms. The molecule has 0 aromatic heterocycles. The number of sulfone groups is 1. The van der Waals surface area contributed by atoms with Crippen LogP contribution in [0.4, 0.5) is 0 Å². The quantitative estimate of drug-likeness (QED) is 0.641. The van der Waals surface area contributed by atoms with Crippen molar-refractivity contribution >= 4 is 21.6 Å². The monoisotopic (exact) mass is 368 g/mol. The molecule has 0 aliphatic heterocycles. The number of carbonyl (C=O) groups excluding carboxylic acids is 1. The van der Waals surface area contributed by atoms with Crippen molar-refractivity contribution in [1.82, 2.24) is 0 Å². The van der Waals surface area contributed by atoms with Gasteiger partial charge < -0.3 is 5.11 Å². The number of hydrogen-bond donors (Lipinski definition) is 1. The highest BCUT2D eigenvalue weighted by Crippen LogP contribution is 2.18. The number of aliphatic carboxylic acids is 1. The van der Waals surface area contributed by atoms with Crippen molar-refractivity contribution in [3.05, 3.63) is 35.4 Å². The second-order valence-electron chi connectivity index (χ2n) is 7.35. The van der Waals surface area contributed by atoms with Gasteiger partial charge in [-0.25, -0.2) is 8.42 Å². The lowest BCUT2D eigenvalue weighted by Crippen LogP contribution is -2.30. The zero-order valence-corrected chi connectivity index (χ0v) is 16.1. The first-order valence-corrected chi connectivity index (χ1v) is 10.2. The van der Waals surface area contributed by atoms with E-state index in [1.807, 2.05) is 6.07 Å². The van der Waals surface area contributed by atoms with Crippen molar-refractivity contribution < 1.29 is 23.1 Å². The Labute approximate surface area is 150 Å². The van der Waals surface area contributed by atoms with Gasteiger partial charge in [0, 0.05) is 12.8 Å². The van der Waals surface area contributed by atoms with Crippen LogP contribution >= 0.6 is 0 Å². The van der Waals surface area contributed by atoms with Gasteiger partial charge in [-0.05, 0) is 44.7 Å². The predicted octanol–water partition coefficient (Wildman–Crippen LogP) is 3.20. The lowest BCUT2D eigenvalue weighted by Gasteiger charge is -2.18. The van der Waals surface area contributed by atoms with Crippen LogP contribution in [0.15, 0.2) is 24.3 Å². The van der Waals surface area contributed by atoms with Gasteiger partial charge in [0.2, 0.25) is 0 Å². The van der Waals surface area contributed by atoms with Crippen LogP contribution in [0.25, 0.3) is 0 Å². The van der Waals surface area contributed by atoms with Gasteiger partial charge in [-0.15, -0.1) is 0 Å². The van der Waals surface area contributed by atoms with E-state index in [0.29, 0.717) is 31.2 Å². The van der Waals surface area contributed by atoms with Crippen LogP contribution < -0.4 is 0 Å². The van der Waals surface area contributed by atoms with Crippen molar-refractivity contribution in [3.8, 4) is 0 Å². The molecule has 0 fully saturated rings. The molecule has 1 N–H and O–H groups in total. The van der Waals surface area contributed by atoms with Crippen molar-refractivity contribution in [1.29, 1.82) is 0 Å². The summed E-state index contributed by atoms with van der Waals surface area (Å²) in [6.07, 6.45) is 2.60. The lowest BCUT2D eigenvalue weighted by atomic mass is 10.0. The second kappa shape index (κ2) is 9.13. The van der Waals surface area contributed by atoms with Crippen molar-refractivity contribution in [3.63, 3.8) is 0 Å². The molecular formula is C19H28O5S. The second-order valence-corrected chi connectivity index (χ2v) is 10.2. The molecule has 1 aromatic rings. The van der Waals surface area contributed by atoms with E-state index >= 15 is 0 Å². The predicted molar refractivity (Wildman–Crippen MR) is 98.5 cm³/mol. The van der Waals surface area contributed by atoms with Crippen LogP contribution in [0.2, 0.25) is 0 Å². The summed E-state index contributed by atoms with van der Waals surface area (Å²) >= 11 is 0. The maximum Gasteiger partial charge on any atom is 0.307 e. The fourth-order valence-corrected chi connectivity index (χ4v) is 3.63. The van der Waals surface area contributed by atoms with E-state index in [4.69, 9.17) is 5.11 Å². The highest BCUT2D eigenvalue weighted by Gasteiger charge is 2.27. The van der Waals surface area contributed by atoms with Gasteiger partial charge in [0.1, 0.15) is 5.78 Å². The van der Waals surface area contributed by atoms with Gasteiger partial charge in [0.25, 0.3) is 0 Å². The molecule has 0 aliphatic rings. The van der Waals surface area contributed by atoms with Gasteiger partial charge in [-0.3, -0.25) is 9.59 Å². The molecule has 0 amide bonds. The Morgan fingerprint density at radius 3 is 2.16 bits per heavy atom. The smallest absolute Gasteiger partial charge is 0.307 e. The molecule has 0 saturated carbocycles. The highest BCUT2D eigenvalue weighted by molar-refractivity contribution is 7.92. The zero-order valence-electron chi connectivity index (χ0n) is 15.2. The molecule has 0 heterocycles. The summed E-state index contributed by atoms with van der Waals surface area (Å²) in [5, 5.41) is 8.80. The summed E-state index contributed by atoms with van der Waals surface area (Å²) in [6.45, 7) is 5.10. The Kier molecular flexibility index (Phi) is 7.80. The summed E-state index contributed by atoms with van der Waals surface area (Å²) in [4.78, 5) is 22.8. The Morgan fingerprint density at radius 2 is 1.60 bits per heavy atom. The number of carbonyl (C=O) groups is 2. The molecule has 140 valence electrons. The van der Waals surface area contributed by atoms with E-state index in [1.54, 1.807) is 39.0 Å². The number of hydrogen-bond acceptors (Lipinski definition) is 4. The zero-order chi connectivity index (χ0) is 19.1. The number of Topliss-reactive ketones (excluding diaryl/α,β-unsaturated/α-hetero) is 1. The fraction of sp³-hybridized carbons (Fsp3) is 0.579. The third kappa shape index (κ3) is 7.82. The molecule has 0 aliphatic carbocycles. The Balaban J connectivity index is 2.35. The molecule has 1 aromatic carbocycles. The number of benzene rings is 1. The van der Waals surface area contributed by atoms with Crippen LogP contribution in [0.3, 0.4) is 0 Å². The Hall–Kier alpha value is -1.69. The first kappa shape index (κ1) is 21.4. The van der Waals surface area contributed by atoms with Crippen molar-refractivity contribution in [2.75, 3.05) is 5.75 Å². The largest absolute Gasteiger partial charge is 0.481 e. The minimum atomic E-state index is -3.09. The number of carboxylic acid groups (broad SMARTS) is 1. The third-order valence-electron chi connectivity index (χ3n) is 4.05. The minimum Gasteiger partial charge on any atom is -0.481 e. The highest BCUT2D eigenvalue weighted by atomic mass is 32.2. The van der Waals surface area contributed by atoms with E-state index in [-0.39, 0.29) is 24.4 Å². The maximum atomic E-state index is 12.0. The topological polar surface area (TPSA) is 88.5 Å². The molecule has 6 heteroatoms. The average Bonchev–Trinajstić information content (AvgIpc) is 2.45. The molecule has 0 saturated heterocycles. The number of unbranched alkanes of at least 4 members (excludes halogenated alkanes) is 2. The lowest BCUT2D eigenvalue weighted by molar-refractivity contribution is -0.136. The first-order chi connectivity index (χ1) is 11.5. The Bertz CT molecular complexity index is 699. The third-order valence-corrected chi connectivity index (χ3v) is 6.74. The van der Waals surface area contributed by atoms with Crippen LogP contribution in [0, 0.1) is 0 Å². The van der Waals surface area contributed by atoms with E-state index in [0.717, 1.165) is 5.56 Å². The molecule has 0 bridgehead atoms. The summed E-state index contributed by atoms with van der Waals surface area (Å²) < 4.78 is 23.2. The maximum absolute atomic E-state index is 12.0. The first-order valence-electron chi connectivity index (χ1n) is 8.55. The number of ketones is 1.